The molecule has 4 rings (SSSR count). The minimum atomic E-state index is -0.395. The van der Waals surface area contributed by atoms with E-state index in [1.165, 1.54) is 15.4 Å². The molecule has 1 aromatic carbocycles. The van der Waals surface area contributed by atoms with Gasteiger partial charge in [0.25, 0.3) is 11.1 Å². The fourth-order valence-electron chi connectivity index (χ4n) is 3.49. The normalized spacial score (nSPS) is 14.0. The highest BCUT2D eigenvalue weighted by Crippen LogP contribution is 2.23. The van der Waals surface area contributed by atoms with E-state index < -0.39 is 5.56 Å². The summed E-state index contributed by atoms with van der Waals surface area (Å²) in [5.41, 5.74) is 1.15. The minimum absolute atomic E-state index is 0.0918. The van der Waals surface area contributed by atoms with E-state index in [2.05, 4.69) is 10.2 Å². The highest BCUT2D eigenvalue weighted by atomic mass is 35.5. The van der Waals surface area contributed by atoms with Crippen LogP contribution in [-0.4, -0.2) is 56.5 Å². The van der Waals surface area contributed by atoms with Crippen molar-refractivity contribution < 1.29 is 4.79 Å². The first kappa shape index (κ1) is 20.8. The minimum Gasteiger partial charge on any atom is -0.365 e. The molecule has 1 fully saturated rings. The molecule has 0 atom stereocenters. The Balaban J connectivity index is 1.45. The van der Waals surface area contributed by atoms with Gasteiger partial charge < -0.3 is 9.80 Å². The lowest BCUT2D eigenvalue weighted by molar-refractivity contribution is -0.132. The highest BCUT2D eigenvalue weighted by Gasteiger charge is 2.24. The van der Waals surface area contributed by atoms with Crippen molar-refractivity contribution in [2.24, 2.45) is 0 Å². The molecule has 2 aromatic heterocycles. The van der Waals surface area contributed by atoms with Gasteiger partial charge in [-0.1, -0.05) is 29.8 Å². The molecule has 10 heteroatoms. The van der Waals surface area contributed by atoms with Crippen LogP contribution in [0.15, 0.2) is 58.3 Å². The van der Waals surface area contributed by atoms with Crippen LogP contribution in [-0.2, 0) is 11.3 Å². The molecule has 0 unspecified atom stereocenters. The van der Waals surface area contributed by atoms with Crippen LogP contribution in [0.5, 0.6) is 0 Å². The topological polar surface area (TPSA) is 93.3 Å². The molecular weight excluding hydrogens is 420 g/mol. The van der Waals surface area contributed by atoms with E-state index in [1.54, 1.807) is 36.2 Å². The third-order valence-electron chi connectivity index (χ3n) is 5.16. The van der Waals surface area contributed by atoms with Crippen molar-refractivity contribution in [3.8, 4) is 5.69 Å². The van der Waals surface area contributed by atoms with Crippen molar-refractivity contribution in [1.29, 1.82) is 0 Å². The van der Waals surface area contributed by atoms with Crippen molar-refractivity contribution in [1.82, 2.24) is 24.5 Å². The Morgan fingerprint density at radius 2 is 1.74 bits per heavy atom. The molecule has 1 aliphatic heterocycles. The van der Waals surface area contributed by atoms with E-state index in [-0.39, 0.29) is 23.0 Å². The molecular formula is C21H21ClN6O3. The molecule has 0 N–H and O–H groups in total. The second kappa shape index (κ2) is 8.73. The van der Waals surface area contributed by atoms with Crippen LogP contribution in [0.1, 0.15) is 5.69 Å². The van der Waals surface area contributed by atoms with E-state index >= 15 is 0 Å². The molecule has 1 amide bonds. The smallest absolute Gasteiger partial charge is 0.292 e. The lowest BCUT2D eigenvalue weighted by Gasteiger charge is -2.36. The van der Waals surface area contributed by atoms with Crippen LogP contribution < -0.4 is 16.0 Å². The van der Waals surface area contributed by atoms with Crippen LogP contribution in [0.4, 0.5) is 5.69 Å². The third-order valence-corrected chi connectivity index (χ3v) is 5.51. The van der Waals surface area contributed by atoms with Gasteiger partial charge in [0.2, 0.25) is 5.91 Å². The van der Waals surface area contributed by atoms with Crippen LogP contribution in [0, 0.1) is 6.92 Å². The monoisotopic (exact) mass is 440 g/mol. The van der Waals surface area contributed by atoms with Gasteiger partial charge in [-0.15, -0.1) is 0 Å². The number of benzene rings is 1. The number of aromatic nitrogens is 4. The maximum absolute atomic E-state index is 12.7. The summed E-state index contributed by atoms with van der Waals surface area (Å²) >= 11 is 6.38. The molecule has 3 heterocycles. The molecule has 0 bridgehead atoms. The fourth-order valence-corrected chi connectivity index (χ4v) is 3.74. The largest absolute Gasteiger partial charge is 0.365 e. The molecule has 1 aliphatic rings. The number of aryl methyl sites for hydroxylation is 1. The maximum atomic E-state index is 12.7. The second-order valence-electron chi connectivity index (χ2n) is 7.23. The van der Waals surface area contributed by atoms with Gasteiger partial charge in [-0.2, -0.15) is 14.9 Å². The summed E-state index contributed by atoms with van der Waals surface area (Å²) in [6.45, 7) is 3.55. The van der Waals surface area contributed by atoms with Gasteiger partial charge >= 0.3 is 0 Å². The number of nitrogens with zero attached hydrogens (tertiary/aromatic N) is 6. The average Bonchev–Trinajstić information content (AvgIpc) is 2.79. The zero-order valence-corrected chi connectivity index (χ0v) is 17.7. The van der Waals surface area contributed by atoms with Crippen molar-refractivity contribution in [3.63, 3.8) is 0 Å². The zero-order chi connectivity index (χ0) is 22.0. The molecule has 0 radical (unpaired) electrons. The number of carbonyl (C=O) groups is 1. The highest BCUT2D eigenvalue weighted by molar-refractivity contribution is 6.33. The predicted molar refractivity (Wildman–Crippen MR) is 117 cm³/mol. The molecule has 9 nitrogen and oxygen atoms in total. The Hall–Kier alpha value is -3.46. The van der Waals surface area contributed by atoms with E-state index in [4.69, 9.17) is 11.6 Å². The first-order valence-corrected chi connectivity index (χ1v) is 10.2. The van der Waals surface area contributed by atoms with Crippen molar-refractivity contribution in [2.75, 3.05) is 31.1 Å². The summed E-state index contributed by atoms with van der Waals surface area (Å²) in [5, 5.41) is 8.46. The van der Waals surface area contributed by atoms with Crippen LogP contribution in [0.25, 0.3) is 5.69 Å². The first-order valence-electron chi connectivity index (χ1n) is 9.85. The lowest BCUT2D eigenvalue weighted by Crippen LogP contribution is -2.50. The van der Waals surface area contributed by atoms with Gasteiger partial charge in [0, 0.05) is 32.2 Å². The molecule has 0 saturated carbocycles. The lowest BCUT2D eigenvalue weighted by atomic mass is 10.2. The Morgan fingerprint density at radius 1 is 1.03 bits per heavy atom. The Bertz CT molecular complexity index is 1220. The van der Waals surface area contributed by atoms with Crippen molar-refractivity contribution in [2.45, 2.75) is 13.5 Å². The van der Waals surface area contributed by atoms with Crippen molar-refractivity contribution >= 4 is 23.2 Å². The Kier molecular flexibility index (Phi) is 5.85. The summed E-state index contributed by atoms with van der Waals surface area (Å²) in [6.07, 6.45) is 1.57. The fraction of sp³-hybridized carbons (Fsp3) is 0.286. The molecule has 31 heavy (non-hydrogen) atoms. The molecule has 1 saturated heterocycles. The summed E-state index contributed by atoms with van der Waals surface area (Å²) in [5.74, 6) is -0.177. The summed E-state index contributed by atoms with van der Waals surface area (Å²) in [7, 11) is 0. The van der Waals surface area contributed by atoms with Gasteiger partial charge in [-0.3, -0.25) is 14.4 Å². The number of carbonyl (C=O) groups excluding carboxylic acids is 1. The van der Waals surface area contributed by atoms with E-state index in [1.807, 2.05) is 23.1 Å². The van der Waals surface area contributed by atoms with E-state index in [0.717, 1.165) is 0 Å². The zero-order valence-electron chi connectivity index (χ0n) is 16.9. The summed E-state index contributed by atoms with van der Waals surface area (Å²) in [4.78, 5) is 40.8. The van der Waals surface area contributed by atoms with Gasteiger partial charge in [-0.25, -0.2) is 4.68 Å². The van der Waals surface area contributed by atoms with Crippen LogP contribution in [0.3, 0.4) is 0 Å². The van der Waals surface area contributed by atoms with Crippen molar-refractivity contribution in [3.05, 3.63) is 80.1 Å². The number of anilines is 1. The number of halogens is 1. The standard InChI is InChI=1S/C21H21ClN6O3/c1-15-7-8-18(29)27(24-15)14-19(30)26-11-9-25(10-12-26)17-13-23-28(21(31)20(17)22)16-5-3-2-4-6-16/h2-8,13H,9-12,14H2,1H3. The number of amides is 1. The molecule has 0 spiro atoms. The van der Waals surface area contributed by atoms with Gasteiger partial charge in [0.15, 0.2) is 0 Å². The first-order chi connectivity index (χ1) is 14.9. The molecule has 160 valence electrons. The predicted octanol–water partition coefficient (Wildman–Crippen LogP) is 1.10. The molecule has 3 aromatic rings. The van der Waals surface area contributed by atoms with Gasteiger partial charge in [0.1, 0.15) is 11.6 Å². The number of rotatable bonds is 4. The maximum Gasteiger partial charge on any atom is 0.292 e. The Morgan fingerprint density at radius 3 is 2.45 bits per heavy atom. The van der Waals surface area contributed by atoms with Crippen LogP contribution in [0.2, 0.25) is 5.02 Å². The quantitative estimate of drug-likeness (QED) is 0.603. The number of hydrogen-bond acceptors (Lipinski definition) is 6. The van der Waals surface area contributed by atoms with Gasteiger partial charge in [0.05, 0.1) is 23.3 Å². The van der Waals surface area contributed by atoms with E-state index in [9.17, 15) is 14.4 Å². The summed E-state index contributed by atoms with van der Waals surface area (Å²) < 4.78 is 2.44. The van der Waals surface area contributed by atoms with Crippen LogP contribution >= 0.6 is 11.6 Å². The number of piperazine rings is 1. The average molecular weight is 441 g/mol. The number of para-hydroxylation sites is 1. The second-order valence-corrected chi connectivity index (χ2v) is 7.61. The molecule has 0 aliphatic carbocycles. The third kappa shape index (κ3) is 4.36. The van der Waals surface area contributed by atoms with Gasteiger partial charge in [-0.05, 0) is 25.1 Å². The summed E-state index contributed by atoms with van der Waals surface area (Å²) in [6, 6.07) is 12.1. The SMILES string of the molecule is Cc1ccc(=O)n(CC(=O)N2CCN(c3cnn(-c4ccccc4)c(=O)c3Cl)CC2)n1. The Labute approximate surface area is 183 Å². The van der Waals surface area contributed by atoms with E-state index in [0.29, 0.717) is 43.2 Å². The number of hydrogen-bond donors (Lipinski definition) is 0.